The zero-order chi connectivity index (χ0) is 15.9. The summed E-state index contributed by atoms with van der Waals surface area (Å²) in [5, 5.41) is 3.15. The minimum atomic E-state index is 0.00310. The molecule has 0 unspecified atom stereocenters. The van der Waals surface area contributed by atoms with Crippen LogP contribution in [0.2, 0.25) is 0 Å². The maximum absolute atomic E-state index is 12.4. The van der Waals surface area contributed by atoms with Crippen LogP contribution in [-0.4, -0.2) is 60.5 Å². The monoisotopic (exact) mass is 304 g/mol. The topological polar surface area (TPSA) is 48.5 Å². The van der Waals surface area contributed by atoms with Crippen molar-refractivity contribution >= 4 is 5.91 Å². The van der Waals surface area contributed by atoms with Crippen LogP contribution in [0.5, 0.6) is 0 Å². The lowest BCUT2D eigenvalue weighted by Crippen LogP contribution is -2.40. The van der Waals surface area contributed by atoms with E-state index in [1.165, 1.54) is 0 Å². The molecular formula is C17H28N4O. The molecule has 122 valence electrons. The fourth-order valence-corrected chi connectivity index (χ4v) is 2.93. The average Bonchev–Trinajstić information content (AvgIpc) is 2.70. The molecule has 0 saturated carbocycles. The van der Waals surface area contributed by atoms with Gasteiger partial charge in [-0.25, -0.2) is 0 Å². The van der Waals surface area contributed by atoms with E-state index in [4.69, 9.17) is 0 Å². The number of carbonyl (C=O) groups excluding carboxylic acids is 1. The molecule has 1 aliphatic rings. The number of carbonyl (C=O) groups is 1. The maximum Gasteiger partial charge on any atom is 0.234 e. The molecule has 0 radical (unpaired) electrons. The lowest BCUT2D eigenvalue weighted by Gasteiger charge is -2.23. The highest BCUT2D eigenvalue weighted by atomic mass is 16.2. The summed E-state index contributed by atoms with van der Waals surface area (Å²) in [4.78, 5) is 21.4. The Hall–Kier alpha value is -1.46. The third-order valence-corrected chi connectivity index (χ3v) is 4.30. The molecule has 5 nitrogen and oxygen atoms in total. The summed E-state index contributed by atoms with van der Waals surface area (Å²) in [6.07, 6.45) is 3.77. The molecular weight excluding hydrogens is 276 g/mol. The minimum Gasteiger partial charge on any atom is -0.347 e. The predicted molar refractivity (Wildman–Crippen MR) is 88.7 cm³/mol. The molecule has 0 spiro atoms. The average molecular weight is 304 g/mol. The molecule has 1 atom stereocenters. The van der Waals surface area contributed by atoms with Crippen LogP contribution >= 0.6 is 0 Å². The number of nitrogens with one attached hydrogen (secondary N) is 1. The van der Waals surface area contributed by atoms with Crippen LogP contribution in [0.4, 0.5) is 0 Å². The van der Waals surface area contributed by atoms with Gasteiger partial charge in [0, 0.05) is 19.3 Å². The molecule has 1 aromatic heterocycles. The summed E-state index contributed by atoms with van der Waals surface area (Å²) in [7, 11) is 2.14. The van der Waals surface area contributed by atoms with Crippen molar-refractivity contribution in [2.75, 3.05) is 39.8 Å². The van der Waals surface area contributed by atoms with Crippen molar-refractivity contribution in [2.24, 2.45) is 0 Å². The number of rotatable bonds is 5. The fraction of sp³-hybridized carbons (Fsp3) is 0.647. The Morgan fingerprint density at radius 2 is 2.18 bits per heavy atom. The summed E-state index contributed by atoms with van der Waals surface area (Å²) in [5.41, 5.74) is 2.11. The molecule has 0 aliphatic carbocycles. The van der Waals surface area contributed by atoms with Crippen LogP contribution in [0, 0.1) is 6.92 Å². The number of nitrogens with zero attached hydrogens (tertiary/aromatic N) is 3. The highest BCUT2D eigenvalue weighted by molar-refractivity contribution is 5.78. The molecule has 1 fully saturated rings. The van der Waals surface area contributed by atoms with Crippen LogP contribution in [0.25, 0.3) is 0 Å². The van der Waals surface area contributed by atoms with Gasteiger partial charge in [0.15, 0.2) is 0 Å². The van der Waals surface area contributed by atoms with Crippen LogP contribution in [0.3, 0.4) is 0 Å². The minimum absolute atomic E-state index is 0.00310. The van der Waals surface area contributed by atoms with E-state index in [0.29, 0.717) is 6.54 Å². The van der Waals surface area contributed by atoms with E-state index in [1.807, 2.05) is 19.1 Å². The Bertz CT molecular complexity index is 491. The van der Waals surface area contributed by atoms with E-state index >= 15 is 0 Å². The van der Waals surface area contributed by atoms with Gasteiger partial charge in [0.05, 0.1) is 18.3 Å². The first-order valence-corrected chi connectivity index (χ1v) is 8.22. The summed E-state index contributed by atoms with van der Waals surface area (Å²) >= 11 is 0. The van der Waals surface area contributed by atoms with E-state index in [-0.39, 0.29) is 11.9 Å². The largest absolute Gasteiger partial charge is 0.347 e. The number of pyridine rings is 1. The summed E-state index contributed by atoms with van der Waals surface area (Å²) in [6, 6.07) is 3.98. The second-order valence-electron chi connectivity index (χ2n) is 6.17. The molecule has 1 amide bonds. The van der Waals surface area contributed by atoms with Crippen LogP contribution in [-0.2, 0) is 4.79 Å². The van der Waals surface area contributed by atoms with Gasteiger partial charge >= 0.3 is 0 Å². The van der Waals surface area contributed by atoms with Crippen molar-refractivity contribution in [3.05, 3.63) is 29.6 Å². The van der Waals surface area contributed by atoms with Crippen molar-refractivity contribution < 1.29 is 4.79 Å². The molecule has 1 N–H and O–H groups in total. The Balaban J connectivity index is 1.91. The third-order valence-electron chi connectivity index (χ3n) is 4.30. The van der Waals surface area contributed by atoms with Gasteiger partial charge in [0.25, 0.3) is 0 Å². The zero-order valence-corrected chi connectivity index (χ0v) is 14.0. The van der Waals surface area contributed by atoms with Crippen molar-refractivity contribution in [1.82, 2.24) is 20.1 Å². The number of aryl methyl sites for hydroxylation is 1. The number of likely N-dealkylation sites (N-methyl/N-ethyl adjacent to an activating group) is 1. The molecule has 1 aromatic rings. The van der Waals surface area contributed by atoms with Crippen molar-refractivity contribution in [1.29, 1.82) is 0 Å². The fourth-order valence-electron chi connectivity index (χ4n) is 2.93. The number of hydrogen-bond acceptors (Lipinski definition) is 4. The van der Waals surface area contributed by atoms with Gasteiger partial charge in [-0.05, 0) is 51.5 Å². The van der Waals surface area contributed by atoms with Gasteiger partial charge < -0.3 is 10.2 Å². The van der Waals surface area contributed by atoms with E-state index in [9.17, 15) is 4.79 Å². The van der Waals surface area contributed by atoms with Crippen molar-refractivity contribution in [2.45, 2.75) is 32.7 Å². The van der Waals surface area contributed by atoms with Gasteiger partial charge in [-0.1, -0.05) is 13.0 Å². The van der Waals surface area contributed by atoms with Gasteiger partial charge in [-0.3, -0.25) is 14.7 Å². The van der Waals surface area contributed by atoms with Gasteiger partial charge in [0.2, 0.25) is 5.91 Å². The lowest BCUT2D eigenvalue weighted by atomic mass is 10.1. The second-order valence-corrected chi connectivity index (χ2v) is 6.17. The van der Waals surface area contributed by atoms with Crippen LogP contribution in [0.1, 0.15) is 37.1 Å². The van der Waals surface area contributed by atoms with Gasteiger partial charge in [-0.2, -0.15) is 0 Å². The van der Waals surface area contributed by atoms with E-state index < -0.39 is 0 Å². The molecule has 2 heterocycles. The highest BCUT2D eigenvalue weighted by Crippen LogP contribution is 2.17. The van der Waals surface area contributed by atoms with Crippen molar-refractivity contribution in [3.63, 3.8) is 0 Å². The summed E-state index contributed by atoms with van der Waals surface area (Å²) in [6.45, 7) is 8.71. The standard InChI is InChI=1S/C17H28N4O/c1-4-15(17-14(2)7-5-8-18-17)19-16(22)13-21-10-6-9-20(3)11-12-21/h5,7-8,15H,4,6,9-13H2,1-3H3,(H,19,22)/t15-/m1/s1. The van der Waals surface area contributed by atoms with Gasteiger partial charge in [-0.15, -0.1) is 0 Å². The summed E-state index contributed by atoms with van der Waals surface area (Å²) in [5.74, 6) is 0.0986. The highest BCUT2D eigenvalue weighted by Gasteiger charge is 2.19. The Morgan fingerprint density at radius 3 is 2.91 bits per heavy atom. The Labute approximate surface area is 133 Å². The molecule has 0 bridgehead atoms. The summed E-state index contributed by atoms with van der Waals surface area (Å²) < 4.78 is 0. The molecule has 0 aromatic carbocycles. The number of hydrogen-bond donors (Lipinski definition) is 1. The molecule has 1 aliphatic heterocycles. The maximum atomic E-state index is 12.4. The second kappa shape index (κ2) is 8.25. The van der Waals surface area contributed by atoms with E-state index in [0.717, 1.165) is 50.3 Å². The molecule has 2 rings (SSSR count). The smallest absolute Gasteiger partial charge is 0.234 e. The van der Waals surface area contributed by atoms with Gasteiger partial charge in [0.1, 0.15) is 0 Å². The van der Waals surface area contributed by atoms with E-state index in [1.54, 1.807) is 6.20 Å². The Morgan fingerprint density at radius 1 is 1.36 bits per heavy atom. The quantitative estimate of drug-likeness (QED) is 0.897. The number of aromatic nitrogens is 1. The predicted octanol–water partition coefficient (Wildman–Crippen LogP) is 1.59. The first-order chi connectivity index (χ1) is 10.6. The SMILES string of the molecule is CC[C@@H](NC(=O)CN1CCCN(C)CC1)c1ncccc1C. The first-order valence-electron chi connectivity index (χ1n) is 8.22. The molecule has 22 heavy (non-hydrogen) atoms. The molecule has 1 saturated heterocycles. The lowest BCUT2D eigenvalue weighted by molar-refractivity contribution is -0.123. The van der Waals surface area contributed by atoms with Crippen LogP contribution in [0.15, 0.2) is 18.3 Å². The molecule has 5 heteroatoms. The van der Waals surface area contributed by atoms with Crippen molar-refractivity contribution in [3.8, 4) is 0 Å². The van der Waals surface area contributed by atoms with Crippen LogP contribution < -0.4 is 5.32 Å². The normalized spacial score (nSPS) is 18.7. The Kier molecular flexibility index (Phi) is 6.34. The third kappa shape index (κ3) is 4.78. The first kappa shape index (κ1) is 16.9. The van der Waals surface area contributed by atoms with E-state index in [2.05, 4.69) is 34.1 Å². The number of amides is 1. The zero-order valence-electron chi connectivity index (χ0n) is 14.0.